The van der Waals surface area contributed by atoms with Crippen molar-refractivity contribution < 1.29 is 13.9 Å². The molecule has 5 heteroatoms. The summed E-state index contributed by atoms with van der Waals surface area (Å²) in [6, 6.07) is 5.07. The molecule has 88 valence electrons. The molecule has 2 heterocycles. The number of hydrogen-bond donors (Lipinski definition) is 1. The highest BCUT2D eigenvalue weighted by Crippen LogP contribution is 2.09. The zero-order valence-corrected chi connectivity index (χ0v) is 9.34. The number of amides is 1. The third-order valence-corrected chi connectivity index (χ3v) is 2.23. The van der Waals surface area contributed by atoms with Crippen molar-refractivity contribution in [2.45, 2.75) is 6.54 Å². The molecule has 1 N–H and O–H groups in total. The quantitative estimate of drug-likeness (QED) is 0.869. The molecule has 0 radical (unpaired) electrons. The summed E-state index contributed by atoms with van der Waals surface area (Å²) in [6.07, 6.45) is 4.68. The van der Waals surface area contributed by atoms with Gasteiger partial charge in [-0.2, -0.15) is 0 Å². The zero-order chi connectivity index (χ0) is 12.1. The second-order valence-electron chi connectivity index (χ2n) is 3.40. The van der Waals surface area contributed by atoms with Gasteiger partial charge in [-0.1, -0.05) is 0 Å². The standard InChI is InChI=1S/C12H12N2O3/c1-16-10-2-4-13-11(6-10)12(15)14-7-9-3-5-17-8-9/h2-6,8H,7H2,1H3,(H,14,15). The molecule has 0 bridgehead atoms. The Kier molecular flexibility index (Phi) is 3.40. The number of ether oxygens (including phenoxy) is 1. The summed E-state index contributed by atoms with van der Waals surface area (Å²) < 4.78 is 9.92. The van der Waals surface area contributed by atoms with Gasteiger partial charge in [0, 0.05) is 24.4 Å². The third-order valence-electron chi connectivity index (χ3n) is 2.23. The Balaban J connectivity index is 1.99. The highest BCUT2D eigenvalue weighted by Gasteiger charge is 2.08. The molecule has 0 aliphatic heterocycles. The third kappa shape index (κ3) is 2.84. The number of rotatable bonds is 4. The monoisotopic (exact) mass is 232 g/mol. The Morgan fingerprint density at radius 1 is 1.53 bits per heavy atom. The molecule has 5 nitrogen and oxygen atoms in total. The van der Waals surface area contributed by atoms with Crippen LogP contribution in [-0.2, 0) is 6.54 Å². The SMILES string of the molecule is COc1ccnc(C(=O)NCc2ccoc2)c1. The van der Waals surface area contributed by atoms with Crippen molar-refractivity contribution in [2.75, 3.05) is 7.11 Å². The Labute approximate surface area is 98.4 Å². The summed E-state index contributed by atoms with van der Waals surface area (Å²) in [4.78, 5) is 15.7. The van der Waals surface area contributed by atoms with E-state index in [0.717, 1.165) is 5.56 Å². The second kappa shape index (κ2) is 5.16. The van der Waals surface area contributed by atoms with Gasteiger partial charge in [0.1, 0.15) is 11.4 Å². The first-order valence-corrected chi connectivity index (χ1v) is 5.09. The van der Waals surface area contributed by atoms with Crippen LogP contribution in [0.15, 0.2) is 41.3 Å². The number of nitrogens with zero attached hydrogens (tertiary/aromatic N) is 1. The number of methoxy groups -OCH3 is 1. The topological polar surface area (TPSA) is 64.4 Å². The number of furan rings is 1. The molecule has 0 saturated carbocycles. The summed E-state index contributed by atoms with van der Waals surface area (Å²) in [7, 11) is 1.54. The zero-order valence-electron chi connectivity index (χ0n) is 9.34. The molecule has 2 rings (SSSR count). The van der Waals surface area contributed by atoms with Crippen LogP contribution in [0.5, 0.6) is 5.75 Å². The fourth-order valence-electron chi connectivity index (χ4n) is 1.33. The predicted molar refractivity (Wildman–Crippen MR) is 60.7 cm³/mol. The van der Waals surface area contributed by atoms with E-state index in [1.165, 1.54) is 6.20 Å². The molecule has 2 aromatic rings. The summed E-state index contributed by atoms with van der Waals surface area (Å²) in [5, 5.41) is 2.74. The molecule has 1 amide bonds. The fourth-order valence-corrected chi connectivity index (χ4v) is 1.33. The van der Waals surface area contributed by atoms with E-state index < -0.39 is 0 Å². The first kappa shape index (κ1) is 11.2. The first-order valence-electron chi connectivity index (χ1n) is 5.09. The summed E-state index contributed by atoms with van der Waals surface area (Å²) in [5.74, 6) is 0.360. The molecule has 0 aromatic carbocycles. The van der Waals surface area contributed by atoms with Gasteiger partial charge in [-0.05, 0) is 12.1 Å². The van der Waals surface area contributed by atoms with Crippen LogP contribution in [0.3, 0.4) is 0 Å². The molecule has 2 aromatic heterocycles. The number of nitrogens with one attached hydrogen (secondary N) is 1. The average Bonchev–Trinajstić information content (AvgIpc) is 2.89. The molecular weight excluding hydrogens is 220 g/mol. The highest BCUT2D eigenvalue weighted by molar-refractivity contribution is 5.92. The number of carbonyl (C=O) groups is 1. The lowest BCUT2D eigenvalue weighted by atomic mass is 10.3. The van der Waals surface area contributed by atoms with Crippen molar-refractivity contribution in [3.05, 3.63) is 48.2 Å². The highest BCUT2D eigenvalue weighted by atomic mass is 16.5. The lowest BCUT2D eigenvalue weighted by Crippen LogP contribution is -2.23. The average molecular weight is 232 g/mol. The number of aromatic nitrogens is 1. The predicted octanol–water partition coefficient (Wildman–Crippen LogP) is 1.61. The number of pyridine rings is 1. The van der Waals surface area contributed by atoms with Crippen LogP contribution in [-0.4, -0.2) is 18.0 Å². The van der Waals surface area contributed by atoms with Crippen molar-refractivity contribution in [1.29, 1.82) is 0 Å². The number of hydrogen-bond acceptors (Lipinski definition) is 4. The van der Waals surface area contributed by atoms with Crippen molar-refractivity contribution >= 4 is 5.91 Å². The van der Waals surface area contributed by atoms with Crippen molar-refractivity contribution in [1.82, 2.24) is 10.3 Å². The van der Waals surface area contributed by atoms with Crippen LogP contribution in [0.1, 0.15) is 16.1 Å². The minimum absolute atomic E-state index is 0.245. The van der Waals surface area contributed by atoms with E-state index in [1.807, 2.05) is 0 Å². The van der Waals surface area contributed by atoms with E-state index in [9.17, 15) is 4.79 Å². The van der Waals surface area contributed by atoms with Gasteiger partial charge in [0.15, 0.2) is 0 Å². The smallest absolute Gasteiger partial charge is 0.270 e. The van der Waals surface area contributed by atoms with Crippen molar-refractivity contribution in [3.63, 3.8) is 0 Å². The summed E-state index contributed by atoms with van der Waals surface area (Å²) in [5.41, 5.74) is 1.23. The molecule has 0 unspecified atom stereocenters. The molecule has 0 aliphatic carbocycles. The van der Waals surface area contributed by atoms with Gasteiger partial charge < -0.3 is 14.5 Å². The van der Waals surface area contributed by atoms with Crippen molar-refractivity contribution in [2.24, 2.45) is 0 Å². The van der Waals surface area contributed by atoms with Crippen molar-refractivity contribution in [3.8, 4) is 5.75 Å². The van der Waals surface area contributed by atoms with Gasteiger partial charge in [-0.25, -0.2) is 0 Å². The minimum Gasteiger partial charge on any atom is -0.497 e. The van der Waals surface area contributed by atoms with E-state index in [-0.39, 0.29) is 5.91 Å². The van der Waals surface area contributed by atoms with Gasteiger partial charge in [0.05, 0.1) is 19.6 Å². The van der Waals surface area contributed by atoms with Crippen LogP contribution in [0.4, 0.5) is 0 Å². The maximum Gasteiger partial charge on any atom is 0.270 e. The maximum absolute atomic E-state index is 11.7. The van der Waals surface area contributed by atoms with Crippen LogP contribution < -0.4 is 10.1 Å². The maximum atomic E-state index is 11.7. The molecule has 0 atom stereocenters. The number of carbonyl (C=O) groups excluding carboxylic acids is 1. The second-order valence-corrected chi connectivity index (χ2v) is 3.40. The minimum atomic E-state index is -0.245. The molecule has 0 spiro atoms. The first-order chi connectivity index (χ1) is 8.29. The largest absolute Gasteiger partial charge is 0.497 e. The fraction of sp³-hybridized carbons (Fsp3) is 0.167. The van der Waals surface area contributed by atoms with E-state index in [0.29, 0.717) is 18.0 Å². The van der Waals surface area contributed by atoms with Gasteiger partial charge in [0.2, 0.25) is 0 Å². The van der Waals surface area contributed by atoms with E-state index >= 15 is 0 Å². The van der Waals surface area contributed by atoms with Crippen LogP contribution >= 0.6 is 0 Å². The normalized spacial score (nSPS) is 9.94. The van der Waals surface area contributed by atoms with Crippen LogP contribution in [0.25, 0.3) is 0 Å². The van der Waals surface area contributed by atoms with Crippen LogP contribution in [0, 0.1) is 0 Å². The van der Waals surface area contributed by atoms with Gasteiger partial charge >= 0.3 is 0 Å². The molecule has 0 aliphatic rings. The van der Waals surface area contributed by atoms with E-state index in [1.54, 1.807) is 37.8 Å². The molecule has 0 fully saturated rings. The van der Waals surface area contributed by atoms with Gasteiger partial charge in [-0.15, -0.1) is 0 Å². The lowest BCUT2D eigenvalue weighted by Gasteiger charge is -2.04. The molecule has 17 heavy (non-hydrogen) atoms. The molecular formula is C12H12N2O3. The van der Waals surface area contributed by atoms with Crippen LogP contribution in [0.2, 0.25) is 0 Å². The Hall–Kier alpha value is -2.30. The summed E-state index contributed by atoms with van der Waals surface area (Å²) >= 11 is 0. The van der Waals surface area contributed by atoms with E-state index in [2.05, 4.69) is 10.3 Å². The van der Waals surface area contributed by atoms with E-state index in [4.69, 9.17) is 9.15 Å². The Morgan fingerprint density at radius 3 is 3.12 bits per heavy atom. The lowest BCUT2D eigenvalue weighted by molar-refractivity contribution is 0.0945. The molecule has 0 saturated heterocycles. The Morgan fingerprint density at radius 2 is 2.41 bits per heavy atom. The van der Waals surface area contributed by atoms with Gasteiger partial charge in [0.25, 0.3) is 5.91 Å². The summed E-state index contributed by atoms with van der Waals surface area (Å²) in [6.45, 7) is 0.411. The Bertz CT molecular complexity index is 494. The van der Waals surface area contributed by atoms with Gasteiger partial charge in [-0.3, -0.25) is 9.78 Å².